The molecule has 0 saturated heterocycles. The Morgan fingerprint density at radius 1 is 1.36 bits per heavy atom. The zero-order valence-corrected chi connectivity index (χ0v) is 8.87. The monoisotopic (exact) mass is 199 g/mol. The van der Waals surface area contributed by atoms with Gasteiger partial charge in [0.1, 0.15) is 11.5 Å². The normalized spacial score (nSPS) is 11.1. The van der Waals surface area contributed by atoms with Gasteiger partial charge in [-0.25, -0.2) is 0 Å². The average molecular weight is 199 g/mol. The van der Waals surface area contributed by atoms with Crippen molar-refractivity contribution in [3.8, 4) is 0 Å². The van der Waals surface area contributed by atoms with Gasteiger partial charge in [-0.3, -0.25) is 0 Å². The highest BCUT2D eigenvalue weighted by Gasteiger charge is 2.04. The predicted octanol–water partition coefficient (Wildman–Crippen LogP) is 1.30. The predicted molar refractivity (Wildman–Crippen MR) is 53.0 cm³/mol. The van der Waals surface area contributed by atoms with E-state index in [4.69, 9.17) is 13.9 Å². The first-order valence-electron chi connectivity index (χ1n) is 4.58. The molecule has 1 aromatic rings. The Labute approximate surface area is 84.2 Å². The first kappa shape index (κ1) is 11.2. The minimum Gasteiger partial charge on any atom is -0.465 e. The van der Waals surface area contributed by atoms with Crippen molar-refractivity contribution in [1.82, 2.24) is 5.32 Å². The van der Waals surface area contributed by atoms with Gasteiger partial charge in [-0.15, -0.1) is 0 Å². The minimum absolute atomic E-state index is 0.203. The molecule has 14 heavy (non-hydrogen) atoms. The lowest BCUT2D eigenvalue weighted by molar-refractivity contribution is -0.0990. The van der Waals surface area contributed by atoms with Crippen LogP contribution in [0.3, 0.4) is 0 Å². The lowest BCUT2D eigenvalue weighted by Crippen LogP contribution is -2.29. The summed E-state index contributed by atoms with van der Waals surface area (Å²) in [5.74, 6) is 1.85. The van der Waals surface area contributed by atoms with Crippen LogP contribution in [0, 0.1) is 6.92 Å². The Bertz CT molecular complexity index is 256. The van der Waals surface area contributed by atoms with Gasteiger partial charge in [-0.05, 0) is 19.1 Å². The van der Waals surface area contributed by atoms with Crippen LogP contribution in [0.4, 0.5) is 0 Å². The van der Waals surface area contributed by atoms with Gasteiger partial charge < -0.3 is 19.2 Å². The second-order valence-electron chi connectivity index (χ2n) is 3.04. The summed E-state index contributed by atoms with van der Waals surface area (Å²) in [5.41, 5.74) is 0. The van der Waals surface area contributed by atoms with E-state index in [-0.39, 0.29) is 6.29 Å². The number of aryl methyl sites for hydroxylation is 1. The lowest BCUT2D eigenvalue weighted by atomic mass is 10.4. The van der Waals surface area contributed by atoms with Gasteiger partial charge in [0.15, 0.2) is 6.29 Å². The summed E-state index contributed by atoms with van der Waals surface area (Å²) in [5, 5.41) is 3.17. The second-order valence-corrected chi connectivity index (χ2v) is 3.04. The SMILES string of the molecule is COC(CNCc1ccc(C)o1)OC. The van der Waals surface area contributed by atoms with Gasteiger partial charge >= 0.3 is 0 Å². The van der Waals surface area contributed by atoms with Gasteiger partial charge in [-0.1, -0.05) is 0 Å². The number of hydrogen-bond acceptors (Lipinski definition) is 4. The van der Waals surface area contributed by atoms with Crippen LogP contribution in [0.5, 0.6) is 0 Å². The molecule has 1 rings (SSSR count). The Hall–Kier alpha value is -0.840. The van der Waals surface area contributed by atoms with Crippen LogP contribution in [0.15, 0.2) is 16.5 Å². The largest absolute Gasteiger partial charge is 0.465 e. The van der Waals surface area contributed by atoms with E-state index in [0.717, 1.165) is 11.5 Å². The van der Waals surface area contributed by atoms with Crippen LogP contribution in [-0.2, 0) is 16.0 Å². The fourth-order valence-electron chi connectivity index (χ4n) is 1.16. The number of ether oxygens (including phenoxy) is 2. The van der Waals surface area contributed by atoms with Crippen molar-refractivity contribution in [2.24, 2.45) is 0 Å². The number of furan rings is 1. The molecule has 0 saturated carbocycles. The molecule has 0 aliphatic rings. The molecule has 1 aromatic heterocycles. The Morgan fingerprint density at radius 3 is 2.57 bits per heavy atom. The first-order chi connectivity index (χ1) is 6.76. The molecule has 1 heterocycles. The van der Waals surface area contributed by atoms with Gasteiger partial charge in [0, 0.05) is 20.8 Å². The van der Waals surface area contributed by atoms with E-state index in [2.05, 4.69) is 5.32 Å². The maximum Gasteiger partial charge on any atom is 0.169 e. The molecule has 0 aliphatic heterocycles. The van der Waals surface area contributed by atoms with Crippen molar-refractivity contribution in [2.75, 3.05) is 20.8 Å². The van der Waals surface area contributed by atoms with Crippen molar-refractivity contribution in [2.45, 2.75) is 19.8 Å². The summed E-state index contributed by atoms with van der Waals surface area (Å²) in [6, 6.07) is 3.90. The number of methoxy groups -OCH3 is 2. The molecule has 0 spiro atoms. The minimum atomic E-state index is -0.203. The van der Waals surface area contributed by atoms with Crippen LogP contribution in [0.1, 0.15) is 11.5 Å². The van der Waals surface area contributed by atoms with E-state index in [1.807, 2.05) is 19.1 Å². The zero-order chi connectivity index (χ0) is 10.4. The summed E-state index contributed by atoms with van der Waals surface area (Å²) in [4.78, 5) is 0. The standard InChI is InChI=1S/C10H17NO3/c1-8-4-5-9(14-8)6-11-7-10(12-2)13-3/h4-5,10-11H,6-7H2,1-3H3. The number of rotatable bonds is 6. The highest BCUT2D eigenvalue weighted by molar-refractivity contribution is 5.04. The van der Waals surface area contributed by atoms with Crippen molar-refractivity contribution < 1.29 is 13.9 Å². The van der Waals surface area contributed by atoms with E-state index < -0.39 is 0 Å². The lowest BCUT2D eigenvalue weighted by Gasteiger charge is -2.13. The molecule has 0 fully saturated rings. The maximum absolute atomic E-state index is 5.39. The number of hydrogen-bond donors (Lipinski definition) is 1. The molecule has 0 amide bonds. The summed E-state index contributed by atoms with van der Waals surface area (Å²) in [6.45, 7) is 3.26. The van der Waals surface area contributed by atoms with Crippen molar-refractivity contribution in [3.63, 3.8) is 0 Å². The van der Waals surface area contributed by atoms with E-state index in [1.54, 1.807) is 14.2 Å². The molecule has 1 N–H and O–H groups in total. The van der Waals surface area contributed by atoms with Gasteiger partial charge in [-0.2, -0.15) is 0 Å². The fourth-order valence-corrected chi connectivity index (χ4v) is 1.16. The van der Waals surface area contributed by atoms with Crippen LogP contribution < -0.4 is 5.32 Å². The molecule has 80 valence electrons. The van der Waals surface area contributed by atoms with Crippen LogP contribution in [0.2, 0.25) is 0 Å². The van der Waals surface area contributed by atoms with Crippen LogP contribution >= 0.6 is 0 Å². The Balaban J connectivity index is 2.21. The summed E-state index contributed by atoms with van der Waals surface area (Å²) < 4.78 is 15.4. The Morgan fingerprint density at radius 2 is 2.07 bits per heavy atom. The van der Waals surface area contributed by atoms with E-state index in [0.29, 0.717) is 13.1 Å². The quantitative estimate of drug-likeness (QED) is 0.701. The van der Waals surface area contributed by atoms with Crippen LogP contribution in [-0.4, -0.2) is 27.1 Å². The molecular weight excluding hydrogens is 182 g/mol. The molecular formula is C10H17NO3. The molecule has 0 bridgehead atoms. The maximum atomic E-state index is 5.39. The van der Waals surface area contributed by atoms with Crippen molar-refractivity contribution in [1.29, 1.82) is 0 Å². The first-order valence-corrected chi connectivity index (χ1v) is 4.58. The van der Waals surface area contributed by atoms with Gasteiger partial charge in [0.2, 0.25) is 0 Å². The molecule has 0 atom stereocenters. The van der Waals surface area contributed by atoms with E-state index in [9.17, 15) is 0 Å². The third-order valence-electron chi connectivity index (χ3n) is 1.93. The fraction of sp³-hybridized carbons (Fsp3) is 0.600. The summed E-state index contributed by atoms with van der Waals surface area (Å²) in [6.07, 6.45) is -0.203. The molecule has 0 aromatic carbocycles. The zero-order valence-electron chi connectivity index (χ0n) is 8.87. The highest BCUT2D eigenvalue weighted by Crippen LogP contribution is 2.05. The summed E-state index contributed by atoms with van der Waals surface area (Å²) in [7, 11) is 3.24. The van der Waals surface area contributed by atoms with E-state index in [1.165, 1.54) is 0 Å². The average Bonchev–Trinajstić information content (AvgIpc) is 2.59. The van der Waals surface area contributed by atoms with E-state index >= 15 is 0 Å². The van der Waals surface area contributed by atoms with Crippen molar-refractivity contribution in [3.05, 3.63) is 23.7 Å². The molecule has 4 nitrogen and oxygen atoms in total. The highest BCUT2D eigenvalue weighted by atomic mass is 16.7. The third kappa shape index (κ3) is 3.49. The van der Waals surface area contributed by atoms with Gasteiger partial charge in [0.05, 0.1) is 6.54 Å². The third-order valence-corrected chi connectivity index (χ3v) is 1.93. The smallest absolute Gasteiger partial charge is 0.169 e. The van der Waals surface area contributed by atoms with Gasteiger partial charge in [0.25, 0.3) is 0 Å². The summed E-state index contributed by atoms with van der Waals surface area (Å²) >= 11 is 0. The van der Waals surface area contributed by atoms with Crippen molar-refractivity contribution >= 4 is 0 Å². The molecule has 0 aliphatic carbocycles. The van der Waals surface area contributed by atoms with Crippen LogP contribution in [0.25, 0.3) is 0 Å². The molecule has 0 radical (unpaired) electrons. The number of nitrogens with one attached hydrogen (secondary N) is 1. The topological polar surface area (TPSA) is 43.6 Å². The molecule has 4 heteroatoms. The Kier molecular flexibility index (Phi) is 4.65. The second kappa shape index (κ2) is 5.80. The molecule has 0 unspecified atom stereocenters.